The number of aryl methyl sites for hydroxylation is 1. The number of phenolic OH excluding ortho intramolecular Hbond substituents is 1. The maximum absolute atomic E-state index is 13.6. The van der Waals surface area contributed by atoms with Crippen molar-refractivity contribution >= 4 is 22.6 Å². The van der Waals surface area contributed by atoms with Gasteiger partial charge in [-0.2, -0.15) is 0 Å². The Bertz CT molecular complexity index is 1410. The number of phenols is 1. The smallest absolute Gasteiger partial charge is 0.295 e. The molecule has 160 valence electrons. The standard InChI is InChI=1S/C26H21NO5/c1-3-31-21-14-16(10-11-19(21)28)23-22-24(29)18-13-15(2)9-12-20(18)32-25(22)26(30)27(23)17-7-5-4-6-8-17/h4-14,23,28H,3H2,1-2H3. The highest BCUT2D eigenvalue weighted by atomic mass is 16.5. The molecule has 1 N–H and O–H groups in total. The number of para-hydroxylation sites is 1. The van der Waals surface area contributed by atoms with Crippen LogP contribution in [0.3, 0.4) is 0 Å². The summed E-state index contributed by atoms with van der Waals surface area (Å²) in [6.07, 6.45) is 0. The van der Waals surface area contributed by atoms with E-state index in [-0.39, 0.29) is 28.4 Å². The van der Waals surface area contributed by atoms with Crippen LogP contribution in [0.2, 0.25) is 0 Å². The van der Waals surface area contributed by atoms with Crippen molar-refractivity contribution in [2.24, 2.45) is 0 Å². The van der Waals surface area contributed by atoms with Gasteiger partial charge < -0.3 is 14.3 Å². The second kappa shape index (κ2) is 7.57. The highest BCUT2D eigenvalue weighted by Gasteiger charge is 2.43. The van der Waals surface area contributed by atoms with Crippen LogP contribution in [-0.4, -0.2) is 17.6 Å². The van der Waals surface area contributed by atoms with Gasteiger partial charge in [0.25, 0.3) is 5.91 Å². The number of aromatic hydroxyl groups is 1. The van der Waals surface area contributed by atoms with Crippen LogP contribution < -0.4 is 15.1 Å². The first-order valence-corrected chi connectivity index (χ1v) is 10.4. The average Bonchev–Trinajstić information content (AvgIpc) is 3.09. The van der Waals surface area contributed by atoms with Crippen molar-refractivity contribution < 1.29 is 19.1 Å². The van der Waals surface area contributed by atoms with Crippen LogP contribution in [0.15, 0.2) is 75.9 Å². The molecule has 1 unspecified atom stereocenters. The lowest BCUT2D eigenvalue weighted by molar-refractivity contribution is 0.0971. The number of hydrogen-bond acceptors (Lipinski definition) is 5. The van der Waals surface area contributed by atoms with E-state index in [1.54, 1.807) is 29.2 Å². The van der Waals surface area contributed by atoms with E-state index in [1.807, 2.05) is 50.2 Å². The molecule has 1 aliphatic heterocycles. The molecule has 1 amide bonds. The minimum atomic E-state index is -0.721. The molecule has 5 rings (SSSR count). The van der Waals surface area contributed by atoms with E-state index in [2.05, 4.69) is 0 Å². The molecular formula is C26H21NO5. The fourth-order valence-electron chi connectivity index (χ4n) is 4.23. The van der Waals surface area contributed by atoms with Crippen molar-refractivity contribution in [1.82, 2.24) is 0 Å². The fourth-order valence-corrected chi connectivity index (χ4v) is 4.23. The van der Waals surface area contributed by atoms with Gasteiger partial charge in [0.1, 0.15) is 5.58 Å². The number of carbonyl (C=O) groups is 1. The van der Waals surface area contributed by atoms with Gasteiger partial charge in [-0.25, -0.2) is 0 Å². The van der Waals surface area contributed by atoms with Crippen LogP contribution >= 0.6 is 0 Å². The van der Waals surface area contributed by atoms with E-state index >= 15 is 0 Å². The molecule has 0 saturated carbocycles. The van der Waals surface area contributed by atoms with Gasteiger partial charge in [-0.15, -0.1) is 0 Å². The number of ether oxygens (including phenoxy) is 1. The van der Waals surface area contributed by atoms with Crippen molar-refractivity contribution in [1.29, 1.82) is 0 Å². The van der Waals surface area contributed by atoms with Gasteiger partial charge in [-0.3, -0.25) is 14.5 Å². The molecular weight excluding hydrogens is 406 g/mol. The Balaban J connectivity index is 1.81. The normalized spacial score (nSPS) is 15.2. The number of rotatable bonds is 4. The molecule has 0 bridgehead atoms. The Morgan fingerprint density at radius 1 is 1.03 bits per heavy atom. The van der Waals surface area contributed by atoms with Crippen LogP contribution in [0.4, 0.5) is 5.69 Å². The van der Waals surface area contributed by atoms with E-state index in [0.717, 1.165) is 5.56 Å². The first-order chi connectivity index (χ1) is 15.5. The molecule has 1 aliphatic rings. The number of benzene rings is 3. The summed E-state index contributed by atoms with van der Waals surface area (Å²) in [4.78, 5) is 28.7. The zero-order chi connectivity index (χ0) is 22.4. The number of carbonyl (C=O) groups excluding carboxylic acids is 1. The minimum Gasteiger partial charge on any atom is -0.504 e. The molecule has 0 radical (unpaired) electrons. The molecule has 0 spiro atoms. The van der Waals surface area contributed by atoms with Crippen molar-refractivity contribution in [3.05, 3.63) is 99.4 Å². The molecule has 3 aromatic carbocycles. The van der Waals surface area contributed by atoms with Gasteiger partial charge in [-0.1, -0.05) is 35.9 Å². The van der Waals surface area contributed by atoms with Gasteiger partial charge >= 0.3 is 0 Å². The number of fused-ring (bicyclic) bond motifs is 2. The van der Waals surface area contributed by atoms with Gasteiger partial charge in [0.05, 0.1) is 23.6 Å². The number of anilines is 1. The molecule has 4 aromatic rings. The van der Waals surface area contributed by atoms with E-state index in [4.69, 9.17) is 9.15 Å². The number of hydrogen-bond donors (Lipinski definition) is 1. The lowest BCUT2D eigenvalue weighted by atomic mass is 9.97. The second-order valence-electron chi connectivity index (χ2n) is 7.75. The van der Waals surface area contributed by atoms with Gasteiger partial charge in [-0.05, 0) is 55.8 Å². The first kappa shape index (κ1) is 19.9. The summed E-state index contributed by atoms with van der Waals surface area (Å²) < 4.78 is 11.5. The summed E-state index contributed by atoms with van der Waals surface area (Å²) in [5.41, 5.74) is 2.62. The average molecular weight is 427 g/mol. The zero-order valence-electron chi connectivity index (χ0n) is 17.7. The molecule has 2 heterocycles. The number of nitrogens with zero attached hydrogens (tertiary/aromatic N) is 1. The second-order valence-corrected chi connectivity index (χ2v) is 7.75. The molecule has 6 heteroatoms. The maximum atomic E-state index is 13.6. The largest absolute Gasteiger partial charge is 0.504 e. The summed E-state index contributed by atoms with van der Waals surface area (Å²) in [5.74, 6) is -0.0689. The van der Waals surface area contributed by atoms with E-state index < -0.39 is 6.04 Å². The predicted octanol–water partition coefficient (Wildman–Crippen LogP) is 4.96. The summed E-state index contributed by atoms with van der Waals surface area (Å²) in [6.45, 7) is 4.09. The highest BCUT2D eigenvalue weighted by molar-refractivity contribution is 6.10. The van der Waals surface area contributed by atoms with Gasteiger partial charge in [0, 0.05) is 5.69 Å². The van der Waals surface area contributed by atoms with E-state index in [9.17, 15) is 14.7 Å². The molecule has 0 fully saturated rings. The third-order valence-corrected chi connectivity index (χ3v) is 5.66. The summed E-state index contributed by atoms with van der Waals surface area (Å²) in [7, 11) is 0. The lowest BCUT2D eigenvalue weighted by Gasteiger charge is -2.25. The molecule has 0 saturated heterocycles. The third-order valence-electron chi connectivity index (χ3n) is 5.66. The maximum Gasteiger partial charge on any atom is 0.295 e. The van der Waals surface area contributed by atoms with Crippen molar-refractivity contribution in [3.8, 4) is 11.5 Å². The highest BCUT2D eigenvalue weighted by Crippen LogP contribution is 2.43. The minimum absolute atomic E-state index is 0.00687. The Kier molecular flexibility index (Phi) is 4.70. The van der Waals surface area contributed by atoms with E-state index in [0.29, 0.717) is 34.6 Å². The molecule has 32 heavy (non-hydrogen) atoms. The molecule has 1 atom stereocenters. The quantitative estimate of drug-likeness (QED) is 0.498. The van der Waals surface area contributed by atoms with Crippen LogP contribution in [-0.2, 0) is 0 Å². The van der Waals surface area contributed by atoms with Gasteiger partial charge in [0.2, 0.25) is 5.76 Å². The molecule has 6 nitrogen and oxygen atoms in total. The monoisotopic (exact) mass is 427 g/mol. The number of amides is 1. The first-order valence-electron chi connectivity index (χ1n) is 10.4. The predicted molar refractivity (Wildman–Crippen MR) is 122 cm³/mol. The Morgan fingerprint density at radius 2 is 1.81 bits per heavy atom. The summed E-state index contributed by atoms with van der Waals surface area (Å²) in [5, 5.41) is 10.6. The Morgan fingerprint density at radius 3 is 2.56 bits per heavy atom. The SMILES string of the molecule is CCOc1cc(C2c3c(oc4ccc(C)cc4c3=O)C(=O)N2c2ccccc2)ccc1O. The topological polar surface area (TPSA) is 80.0 Å². The van der Waals surface area contributed by atoms with Gasteiger partial charge in [0.15, 0.2) is 16.9 Å². The zero-order valence-corrected chi connectivity index (χ0v) is 17.7. The van der Waals surface area contributed by atoms with E-state index in [1.165, 1.54) is 6.07 Å². The third kappa shape index (κ3) is 3.03. The fraction of sp³-hybridized carbons (Fsp3) is 0.154. The Hall–Kier alpha value is -4.06. The van der Waals surface area contributed by atoms with Crippen molar-refractivity contribution in [2.45, 2.75) is 19.9 Å². The molecule has 0 aliphatic carbocycles. The van der Waals surface area contributed by atoms with Crippen LogP contribution in [0.25, 0.3) is 11.0 Å². The summed E-state index contributed by atoms with van der Waals surface area (Å²) >= 11 is 0. The van der Waals surface area contributed by atoms with Crippen LogP contribution in [0.5, 0.6) is 11.5 Å². The van der Waals surface area contributed by atoms with Crippen LogP contribution in [0, 0.1) is 6.92 Å². The van der Waals surface area contributed by atoms with Crippen LogP contribution in [0.1, 0.15) is 40.2 Å². The Labute approximate surface area is 184 Å². The van der Waals surface area contributed by atoms with Crippen molar-refractivity contribution in [2.75, 3.05) is 11.5 Å². The lowest BCUT2D eigenvalue weighted by Crippen LogP contribution is -2.29. The summed E-state index contributed by atoms with van der Waals surface area (Å²) in [6, 6.07) is 18.6. The van der Waals surface area contributed by atoms with Crippen molar-refractivity contribution in [3.63, 3.8) is 0 Å². The molecule has 1 aromatic heterocycles.